The Morgan fingerprint density at radius 1 is 1.33 bits per heavy atom. The maximum atomic E-state index is 12.1. The van der Waals surface area contributed by atoms with E-state index in [2.05, 4.69) is 10.5 Å². The topological polar surface area (TPSA) is 75.4 Å². The molecule has 0 aliphatic heterocycles. The molecule has 0 aliphatic rings. The Kier molecular flexibility index (Phi) is 5.11. The van der Waals surface area contributed by atoms with E-state index in [1.54, 1.807) is 6.92 Å². The zero-order chi connectivity index (χ0) is 15.2. The first-order valence-corrected chi connectivity index (χ1v) is 6.96. The largest absolute Gasteiger partial charge is 0.394 e. The Hall–Kier alpha value is -2.14. The number of hydrogen-bond acceptors (Lipinski definition) is 4. The summed E-state index contributed by atoms with van der Waals surface area (Å²) < 4.78 is 5.04. The number of benzene rings is 1. The lowest BCUT2D eigenvalue weighted by atomic mass is 10.1. The second-order valence-electron chi connectivity index (χ2n) is 5.12. The van der Waals surface area contributed by atoms with Crippen LogP contribution in [-0.2, 0) is 17.6 Å². The lowest BCUT2D eigenvalue weighted by molar-refractivity contribution is -0.121. The summed E-state index contributed by atoms with van der Waals surface area (Å²) in [6.07, 6.45) is 0.817. The van der Waals surface area contributed by atoms with Crippen molar-refractivity contribution in [2.75, 3.05) is 6.61 Å². The van der Waals surface area contributed by atoms with Crippen LogP contribution >= 0.6 is 0 Å². The van der Waals surface area contributed by atoms with Crippen molar-refractivity contribution in [3.05, 3.63) is 52.9 Å². The smallest absolute Gasteiger partial charge is 0.224 e. The fourth-order valence-electron chi connectivity index (χ4n) is 2.25. The lowest BCUT2D eigenvalue weighted by Gasteiger charge is -2.16. The molecule has 5 nitrogen and oxygen atoms in total. The molecule has 1 heterocycles. The molecule has 0 radical (unpaired) electrons. The number of aryl methyl sites for hydroxylation is 2. The molecule has 1 amide bonds. The minimum absolute atomic E-state index is 0.0950. The van der Waals surface area contributed by atoms with E-state index in [1.807, 2.05) is 37.3 Å². The number of aliphatic hydroxyl groups is 1. The molecule has 0 fully saturated rings. The average Bonchev–Trinajstić information content (AvgIpc) is 2.79. The molecule has 0 bridgehead atoms. The number of carbonyl (C=O) groups is 1. The monoisotopic (exact) mass is 288 g/mol. The standard InChI is InChI=1S/C16H20N2O3/c1-11-15(12(2)21-18-11)9-16(20)17-14(10-19)8-13-6-4-3-5-7-13/h3-7,14,19H,8-10H2,1-2H3,(H,17,20)/t14-/m1/s1. The van der Waals surface area contributed by atoms with E-state index < -0.39 is 0 Å². The van der Waals surface area contributed by atoms with Crippen LogP contribution in [0.3, 0.4) is 0 Å². The molecule has 0 saturated heterocycles. The van der Waals surface area contributed by atoms with Crippen molar-refractivity contribution in [2.24, 2.45) is 0 Å². The molecule has 1 atom stereocenters. The second-order valence-corrected chi connectivity index (χ2v) is 5.12. The average molecular weight is 288 g/mol. The summed E-state index contributed by atoms with van der Waals surface area (Å²) in [7, 11) is 0. The predicted molar refractivity (Wildman–Crippen MR) is 78.8 cm³/mol. The third-order valence-electron chi connectivity index (χ3n) is 3.43. The second kappa shape index (κ2) is 7.04. The Labute approximate surface area is 124 Å². The van der Waals surface area contributed by atoms with Gasteiger partial charge in [-0.25, -0.2) is 0 Å². The molecule has 21 heavy (non-hydrogen) atoms. The van der Waals surface area contributed by atoms with Crippen LogP contribution in [0.5, 0.6) is 0 Å². The van der Waals surface area contributed by atoms with Gasteiger partial charge in [-0.3, -0.25) is 4.79 Å². The first kappa shape index (κ1) is 15.3. The van der Waals surface area contributed by atoms with Gasteiger partial charge in [-0.05, 0) is 25.8 Å². The van der Waals surface area contributed by atoms with Crippen molar-refractivity contribution >= 4 is 5.91 Å². The van der Waals surface area contributed by atoms with Gasteiger partial charge >= 0.3 is 0 Å². The molecule has 112 valence electrons. The quantitative estimate of drug-likeness (QED) is 0.845. The van der Waals surface area contributed by atoms with Crippen LogP contribution in [0.15, 0.2) is 34.9 Å². The van der Waals surface area contributed by atoms with E-state index >= 15 is 0 Å². The highest BCUT2D eigenvalue weighted by atomic mass is 16.5. The fourth-order valence-corrected chi connectivity index (χ4v) is 2.25. The van der Waals surface area contributed by atoms with E-state index in [4.69, 9.17) is 4.52 Å². The van der Waals surface area contributed by atoms with Crippen molar-refractivity contribution in [1.82, 2.24) is 10.5 Å². The Morgan fingerprint density at radius 3 is 2.62 bits per heavy atom. The molecule has 2 N–H and O–H groups in total. The number of nitrogens with one attached hydrogen (secondary N) is 1. The van der Waals surface area contributed by atoms with Gasteiger partial charge in [-0.2, -0.15) is 0 Å². The Morgan fingerprint density at radius 2 is 2.05 bits per heavy atom. The van der Waals surface area contributed by atoms with Gasteiger partial charge in [-0.1, -0.05) is 35.5 Å². The van der Waals surface area contributed by atoms with Gasteiger partial charge in [0.2, 0.25) is 5.91 Å². The summed E-state index contributed by atoms with van der Waals surface area (Å²) in [5.41, 5.74) is 2.62. The highest BCUT2D eigenvalue weighted by Gasteiger charge is 2.16. The van der Waals surface area contributed by atoms with Crippen LogP contribution in [0, 0.1) is 13.8 Å². The van der Waals surface area contributed by atoms with E-state index in [9.17, 15) is 9.90 Å². The van der Waals surface area contributed by atoms with Gasteiger partial charge in [0, 0.05) is 5.56 Å². The van der Waals surface area contributed by atoms with E-state index in [-0.39, 0.29) is 25.0 Å². The number of aliphatic hydroxyl groups excluding tert-OH is 1. The van der Waals surface area contributed by atoms with Gasteiger partial charge in [0.1, 0.15) is 5.76 Å². The zero-order valence-corrected chi connectivity index (χ0v) is 12.3. The van der Waals surface area contributed by atoms with Gasteiger partial charge in [0.15, 0.2) is 0 Å². The first-order valence-electron chi connectivity index (χ1n) is 6.96. The molecule has 5 heteroatoms. The number of amides is 1. The number of rotatable bonds is 6. The number of aromatic nitrogens is 1. The maximum absolute atomic E-state index is 12.1. The van der Waals surface area contributed by atoms with Gasteiger partial charge in [-0.15, -0.1) is 0 Å². The van der Waals surface area contributed by atoms with Gasteiger partial charge in [0.05, 0.1) is 24.8 Å². The van der Waals surface area contributed by atoms with Gasteiger partial charge in [0.25, 0.3) is 0 Å². The normalized spacial score (nSPS) is 12.1. The van der Waals surface area contributed by atoms with Crippen LogP contribution in [0.4, 0.5) is 0 Å². The van der Waals surface area contributed by atoms with Crippen molar-refractivity contribution in [3.8, 4) is 0 Å². The molecule has 0 saturated carbocycles. The Balaban J connectivity index is 1.94. The highest BCUT2D eigenvalue weighted by Crippen LogP contribution is 2.13. The SMILES string of the molecule is Cc1noc(C)c1CC(=O)N[C@@H](CO)Cc1ccccc1. The van der Waals surface area contributed by atoms with Crippen LogP contribution in [0.2, 0.25) is 0 Å². The molecule has 0 unspecified atom stereocenters. The minimum Gasteiger partial charge on any atom is -0.394 e. The van der Waals surface area contributed by atoms with Crippen molar-refractivity contribution in [1.29, 1.82) is 0 Å². The molecule has 1 aromatic carbocycles. The summed E-state index contributed by atoms with van der Waals surface area (Å²) in [6.45, 7) is 3.50. The van der Waals surface area contributed by atoms with Gasteiger partial charge < -0.3 is 14.9 Å². The predicted octanol–water partition coefficient (Wildman–Crippen LogP) is 1.55. The zero-order valence-electron chi connectivity index (χ0n) is 12.3. The molecular formula is C16H20N2O3. The molecule has 2 aromatic rings. The molecule has 0 aliphatic carbocycles. The first-order chi connectivity index (χ1) is 10.1. The molecular weight excluding hydrogens is 268 g/mol. The third kappa shape index (κ3) is 4.16. The summed E-state index contributed by atoms with van der Waals surface area (Å²) >= 11 is 0. The number of hydrogen-bond donors (Lipinski definition) is 2. The fraction of sp³-hybridized carbons (Fsp3) is 0.375. The van der Waals surface area contributed by atoms with Crippen molar-refractivity contribution in [3.63, 3.8) is 0 Å². The molecule has 1 aromatic heterocycles. The summed E-state index contributed by atoms with van der Waals surface area (Å²) in [4.78, 5) is 12.1. The van der Waals surface area contributed by atoms with E-state index in [0.29, 0.717) is 12.2 Å². The number of nitrogens with zero attached hydrogens (tertiary/aromatic N) is 1. The summed E-state index contributed by atoms with van der Waals surface area (Å²) in [5, 5.41) is 16.1. The number of carbonyl (C=O) groups excluding carboxylic acids is 1. The maximum Gasteiger partial charge on any atom is 0.224 e. The van der Waals surface area contributed by atoms with Crippen molar-refractivity contribution in [2.45, 2.75) is 32.7 Å². The molecule has 2 rings (SSSR count). The molecule has 0 spiro atoms. The minimum atomic E-state index is -0.291. The van der Waals surface area contributed by atoms with E-state index in [0.717, 1.165) is 16.8 Å². The summed E-state index contributed by atoms with van der Waals surface area (Å²) in [5.74, 6) is 0.519. The van der Waals surface area contributed by atoms with Crippen LogP contribution in [0.1, 0.15) is 22.6 Å². The van der Waals surface area contributed by atoms with Crippen LogP contribution in [-0.4, -0.2) is 28.8 Å². The van der Waals surface area contributed by atoms with Crippen LogP contribution in [0.25, 0.3) is 0 Å². The van der Waals surface area contributed by atoms with Crippen LogP contribution < -0.4 is 5.32 Å². The Bertz CT molecular complexity index is 573. The highest BCUT2D eigenvalue weighted by molar-refractivity contribution is 5.79. The third-order valence-corrected chi connectivity index (χ3v) is 3.43. The lowest BCUT2D eigenvalue weighted by Crippen LogP contribution is -2.40. The van der Waals surface area contributed by atoms with Crippen molar-refractivity contribution < 1.29 is 14.4 Å². The summed E-state index contributed by atoms with van der Waals surface area (Å²) in [6, 6.07) is 9.48. The van der Waals surface area contributed by atoms with E-state index in [1.165, 1.54) is 0 Å².